The van der Waals surface area contributed by atoms with E-state index in [1.807, 2.05) is 18.2 Å². The summed E-state index contributed by atoms with van der Waals surface area (Å²) in [6.07, 6.45) is 4.67. The molecule has 6 atom stereocenters. The van der Waals surface area contributed by atoms with Crippen molar-refractivity contribution in [2.24, 2.45) is 17.8 Å². The van der Waals surface area contributed by atoms with Gasteiger partial charge in [-0.15, -0.1) is 23.2 Å². The van der Waals surface area contributed by atoms with Gasteiger partial charge in [-0.05, 0) is 49.5 Å². The summed E-state index contributed by atoms with van der Waals surface area (Å²) in [6, 6.07) is 9.97. The second-order valence-electron chi connectivity index (χ2n) is 7.89. The molecule has 0 heterocycles. The maximum Gasteiger partial charge on any atom is 0.407 e. The van der Waals surface area contributed by atoms with Gasteiger partial charge in [0.05, 0.1) is 18.0 Å². The first kappa shape index (κ1) is 16.5. The minimum absolute atomic E-state index is 0.138. The maximum atomic E-state index is 12.0. The van der Waals surface area contributed by atoms with Crippen LogP contribution in [0, 0.1) is 17.8 Å². The van der Waals surface area contributed by atoms with Crippen LogP contribution in [0.2, 0.25) is 0 Å². The van der Waals surface area contributed by atoms with Gasteiger partial charge in [0, 0.05) is 10.8 Å². The highest BCUT2D eigenvalue weighted by Gasteiger charge is 2.63. The number of rotatable bonds is 3. The fourth-order valence-corrected chi connectivity index (χ4v) is 7.29. The Labute approximate surface area is 153 Å². The second kappa shape index (κ2) is 5.81. The number of nitrogens with one attached hydrogen (secondary N) is 1. The molecule has 0 radical (unpaired) electrons. The fourth-order valence-electron chi connectivity index (χ4n) is 5.79. The minimum atomic E-state index is -0.404. The molecule has 0 aliphatic heterocycles. The van der Waals surface area contributed by atoms with Crippen LogP contribution in [0.3, 0.4) is 0 Å². The van der Waals surface area contributed by atoms with Crippen molar-refractivity contribution in [1.82, 2.24) is 5.32 Å². The zero-order chi connectivity index (χ0) is 16.9. The SMILES string of the molecule is COC(=O)N[C@@H](c1ccccc1)[C@H]1[C@H]2C[C@@H]3C[C@](Cl)(C2)C[C@@]1(Cl)C3. The third-order valence-corrected chi connectivity index (χ3v) is 7.22. The number of hydrogen-bond acceptors (Lipinski definition) is 2. The van der Waals surface area contributed by atoms with Gasteiger partial charge in [-0.2, -0.15) is 0 Å². The third kappa shape index (κ3) is 2.70. The van der Waals surface area contributed by atoms with E-state index in [4.69, 9.17) is 27.9 Å². The molecule has 3 nitrogen and oxygen atoms in total. The van der Waals surface area contributed by atoms with Crippen molar-refractivity contribution >= 4 is 29.3 Å². The van der Waals surface area contributed by atoms with Gasteiger partial charge >= 0.3 is 6.09 Å². The van der Waals surface area contributed by atoms with Gasteiger partial charge in [0.2, 0.25) is 0 Å². The summed E-state index contributed by atoms with van der Waals surface area (Å²) in [5.41, 5.74) is 1.09. The number of methoxy groups -OCH3 is 1. The predicted octanol–water partition coefficient (Wildman–Crippen LogP) is 4.88. The summed E-state index contributed by atoms with van der Waals surface area (Å²) in [5.74, 6) is 1.26. The number of benzene rings is 1. The number of alkyl halides is 2. The number of amides is 1. The van der Waals surface area contributed by atoms with Crippen molar-refractivity contribution in [2.45, 2.75) is 47.9 Å². The van der Waals surface area contributed by atoms with E-state index in [0.29, 0.717) is 11.8 Å². The molecule has 4 aliphatic carbocycles. The molecule has 0 spiro atoms. The molecule has 4 fully saturated rings. The summed E-state index contributed by atoms with van der Waals surface area (Å²) < 4.78 is 4.88. The van der Waals surface area contributed by atoms with Gasteiger partial charge in [0.15, 0.2) is 0 Å². The number of halogens is 2. The molecule has 24 heavy (non-hydrogen) atoms. The molecule has 1 amide bonds. The zero-order valence-electron chi connectivity index (χ0n) is 13.8. The van der Waals surface area contributed by atoms with Gasteiger partial charge in [-0.1, -0.05) is 30.3 Å². The smallest absolute Gasteiger partial charge is 0.407 e. The molecule has 5 heteroatoms. The van der Waals surface area contributed by atoms with E-state index in [1.54, 1.807) is 0 Å². The van der Waals surface area contributed by atoms with Crippen LogP contribution in [0.25, 0.3) is 0 Å². The van der Waals surface area contributed by atoms with E-state index in [2.05, 4.69) is 17.4 Å². The Kier molecular flexibility index (Phi) is 4.00. The highest BCUT2D eigenvalue weighted by Crippen LogP contribution is 2.66. The summed E-state index contributed by atoms with van der Waals surface area (Å²) in [7, 11) is 1.40. The normalized spacial score (nSPS) is 41.0. The third-order valence-electron chi connectivity index (χ3n) is 6.24. The summed E-state index contributed by atoms with van der Waals surface area (Å²) >= 11 is 14.1. The molecule has 130 valence electrons. The standard InChI is InChI=1S/C19H23Cl2NO2/c1-24-17(23)22-16(13-5-3-2-4-6-13)15-14-7-12-8-18(20,10-14)11-19(15,21)9-12/h2-6,12,14-16H,7-11H2,1H3,(H,22,23)/t12-,14+,15-,16+,18+,19+/m1/s1. The van der Waals surface area contributed by atoms with Gasteiger partial charge in [0.25, 0.3) is 0 Å². The van der Waals surface area contributed by atoms with Crippen molar-refractivity contribution in [3.8, 4) is 0 Å². The molecule has 4 saturated carbocycles. The molecule has 5 rings (SSSR count). The highest BCUT2D eigenvalue weighted by molar-refractivity contribution is 6.28. The van der Waals surface area contributed by atoms with Crippen LogP contribution in [0.15, 0.2) is 30.3 Å². The lowest BCUT2D eigenvalue weighted by Crippen LogP contribution is -2.62. The Morgan fingerprint density at radius 3 is 2.62 bits per heavy atom. The van der Waals surface area contributed by atoms with Crippen LogP contribution in [-0.2, 0) is 4.74 Å². The van der Waals surface area contributed by atoms with Gasteiger partial charge in [-0.25, -0.2) is 4.79 Å². The first-order chi connectivity index (χ1) is 11.4. The van der Waals surface area contributed by atoms with E-state index in [1.165, 1.54) is 13.5 Å². The Balaban J connectivity index is 1.71. The molecule has 0 saturated heterocycles. The number of hydrogen-bond donors (Lipinski definition) is 1. The Bertz CT molecular complexity index is 640. The topological polar surface area (TPSA) is 38.3 Å². The van der Waals surface area contributed by atoms with Crippen LogP contribution >= 0.6 is 23.2 Å². The van der Waals surface area contributed by atoms with Crippen molar-refractivity contribution in [1.29, 1.82) is 0 Å². The molecular formula is C19H23Cl2NO2. The lowest BCUT2D eigenvalue weighted by molar-refractivity contribution is -0.0241. The minimum Gasteiger partial charge on any atom is -0.453 e. The quantitative estimate of drug-likeness (QED) is 0.773. The maximum absolute atomic E-state index is 12.0. The van der Waals surface area contributed by atoms with E-state index in [0.717, 1.165) is 31.2 Å². The van der Waals surface area contributed by atoms with Crippen LogP contribution in [0.5, 0.6) is 0 Å². The van der Waals surface area contributed by atoms with E-state index >= 15 is 0 Å². The van der Waals surface area contributed by atoms with Crippen LogP contribution in [0.1, 0.15) is 43.7 Å². The number of ether oxygens (including phenoxy) is 1. The molecule has 1 aromatic rings. The summed E-state index contributed by atoms with van der Waals surface area (Å²) in [6.45, 7) is 0. The largest absolute Gasteiger partial charge is 0.453 e. The molecular weight excluding hydrogens is 345 g/mol. The highest BCUT2D eigenvalue weighted by atomic mass is 35.5. The average molecular weight is 368 g/mol. The van der Waals surface area contributed by atoms with Crippen LogP contribution < -0.4 is 5.32 Å². The predicted molar refractivity (Wildman–Crippen MR) is 95.4 cm³/mol. The van der Waals surface area contributed by atoms with Crippen LogP contribution in [-0.4, -0.2) is 23.0 Å². The molecule has 4 aliphatic rings. The van der Waals surface area contributed by atoms with E-state index in [-0.39, 0.29) is 21.7 Å². The fraction of sp³-hybridized carbons (Fsp3) is 0.632. The van der Waals surface area contributed by atoms with Crippen molar-refractivity contribution in [3.05, 3.63) is 35.9 Å². The summed E-state index contributed by atoms with van der Waals surface area (Å²) in [4.78, 5) is 11.5. The number of carbonyl (C=O) groups excluding carboxylic acids is 1. The first-order valence-electron chi connectivity index (χ1n) is 8.70. The Morgan fingerprint density at radius 1 is 1.25 bits per heavy atom. The van der Waals surface area contributed by atoms with Crippen LogP contribution in [0.4, 0.5) is 4.79 Å². The lowest BCUT2D eigenvalue weighted by Gasteiger charge is -2.63. The van der Waals surface area contributed by atoms with Gasteiger partial charge in [-0.3, -0.25) is 0 Å². The van der Waals surface area contributed by atoms with Crippen molar-refractivity contribution < 1.29 is 9.53 Å². The number of alkyl carbamates (subject to hydrolysis) is 1. The molecule has 1 aromatic carbocycles. The molecule has 0 aromatic heterocycles. The zero-order valence-corrected chi connectivity index (χ0v) is 15.3. The van der Waals surface area contributed by atoms with Gasteiger partial charge in [0.1, 0.15) is 0 Å². The van der Waals surface area contributed by atoms with E-state index < -0.39 is 6.09 Å². The lowest BCUT2D eigenvalue weighted by atomic mass is 9.49. The number of carbonyl (C=O) groups is 1. The summed E-state index contributed by atoms with van der Waals surface area (Å²) in [5, 5.41) is 3.06. The molecule has 0 unspecified atom stereocenters. The van der Waals surface area contributed by atoms with Crippen molar-refractivity contribution in [2.75, 3.05) is 7.11 Å². The Hall–Kier alpha value is -0.930. The molecule has 1 N–H and O–H groups in total. The second-order valence-corrected chi connectivity index (χ2v) is 9.44. The van der Waals surface area contributed by atoms with Gasteiger partial charge < -0.3 is 10.1 Å². The van der Waals surface area contributed by atoms with Crippen molar-refractivity contribution in [3.63, 3.8) is 0 Å². The van der Waals surface area contributed by atoms with E-state index in [9.17, 15) is 4.79 Å². The molecule has 4 bridgehead atoms. The first-order valence-corrected chi connectivity index (χ1v) is 9.45. The monoisotopic (exact) mass is 367 g/mol. The Morgan fingerprint density at radius 2 is 2.00 bits per heavy atom. The average Bonchev–Trinajstić information content (AvgIpc) is 2.51.